The Morgan fingerprint density at radius 3 is 1.96 bits per heavy atom. The zero-order valence-electron chi connectivity index (χ0n) is 16.1. The number of ketones is 1. The van der Waals surface area contributed by atoms with Gasteiger partial charge in [0.15, 0.2) is 11.3 Å². The molecule has 0 aromatic rings. The van der Waals surface area contributed by atoms with Gasteiger partial charge in [-0.05, 0) is 45.4 Å². The summed E-state index contributed by atoms with van der Waals surface area (Å²) in [6, 6.07) is 0. The molecule has 0 fully saturated rings. The van der Waals surface area contributed by atoms with Gasteiger partial charge in [-0.2, -0.15) is 0 Å². The van der Waals surface area contributed by atoms with Crippen LogP contribution in [0.15, 0.2) is 24.3 Å². The molecule has 0 radical (unpaired) electrons. The summed E-state index contributed by atoms with van der Waals surface area (Å²) >= 11 is 0. The maximum atomic E-state index is 11.7. The first-order valence-electron chi connectivity index (χ1n) is 9.78. The minimum atomic E-state index is -1.74. The Hall–Kier alpha value is -1.42. The van der Waals surface area contributed by atoms with Crippen molar-refractivity contribution in [1.29, 1.82) is 0 Å². The lowest BCUT2D eigenvalue weighted by Crippen LogP contribution is -2.52. The van der Waals surface area contributed by atoms with Gasteiger partial charge in [-0.3, -0.25) is 4.79 Å². The van der Waals surface area contributed by atoms with E-state index in [4.69, 9.17) is 10.8 Å². The largest absolute Gasteiger partial charge is 0.480 e. The third-order valence-electron chi connectivity index (χ3n) is 4.38. The molecule has 0 aromatic heterocycles. The normalized spacial score (nSPS) is 14.2. The molecule has 0 heterocycles. The van der Waals surface area contributed by atoms with Crippen LogP contribution in [0.1, 0.15) is 90.9 Å². The number of hydrogen-bond acceptors (Lipinski definition) is 3. The summed E-state index contributed by atoms with van der Waals surface area (Å²) in [5, 5.41) is 8.88. The average molecular weight is 352 g/mol. The number of carboxylic acids is 1. The van der Waals surface area contributed by atoms with Gasteiger partial charge in [0.25, 0.3) is 0 Å². The van der Waals surface area contributed by atoms with Crippen LogP contribution in [0.3, 0.4) is 0 Å². The number of hydrogen-bond donors (Lipinski definition) is 2. The molecule has 3 N–H and O–H groups in total. The number of aliphatic carboxylic acids is 1. The summed E-state index contributed by atoms with van der Waals surface area (Å²) in [5.74, 6) is -1.63. The molecule has 1 unspecified atom stereocenters. The second-order valence-corrected chi connectivity index (χ2v) is 6.91. The fourth-order valence-electron chi connectivity index (χ4n) is 2.48. The Balaban J connectivity index is 3.49. The van der Waals surface area contributed by atoms with Gasteiger partial charge in [-0.25, -0.2) is 4.79 Å². The summed E-state index contributed by atoms with van der Waals surface area (Å²) in [6.07, 6.45) is 21.5. The third kappa shape index (κ3) is 12.6. The van der Waals surface area contributed by atoms with Gasteiger partial charge < -0.3 is 10.8 Å². The van der Waals surface area contributed by atoms with Crippen LogP contribution >= 0.6 is 0 Å². The average Bonchev–Trinajstić information content (AvgIpc) is 2.57. The number of carbonyl (C=O) groups is 2. The van der Waals surface area contributed by atoms with Crippen molar-refractivity contribution >= 4 is 11.8 Å². The quantitative estimate of drug-likeness (QED) is 0.228. The Morgan fingerprint density at radius 2 is 1.40 bits per heavy atom. The molecule has 0 amide bonds. The highest BCUT2D eigenvalue weighted by Crippen LogP contribution is 2.12. The Morgan fingerprint density at radius 1 is 0.880 bits per heavy atom. The standard InChI is InChI=1S/C21H37NO3/c1-3-4-5-6-7-8-9-10-11-12-13-14-15-16-17-18-19(23)21(2,22)20(24)25/h7-8,10-11H,3-6,9,12-18,22H2,1-2H3,(H,24,25)/b8-7-,11-10-. The van der Waals surface area contributed by atoms with Crippen molar-refractivity contribution in [3.05, 3.63) is 24.3 Å². The van der Waals surface area contributed by atoms with Crippen LogP contribution < -0.4 is 5.73 Å². The third-order valence-corrected chi connectivity index (χ3v) is 4.38. The number of allylic oxidation sites excluding steroid dienone is 4. The van der Waals surface area contributed by atoms with Crippen molar-refractivity contribution < 1.29 is 14.7 Å². The number of unbranched alkanes of at least 4 members (excludes halogenated alkanes) is 8. The Kier molecular flexibility index (Phi) is 14.0. The van der Waals surface area contributed by atoms with Crippen LogP contribution in [0, 0.1) is 0 Å². The van der Waals surface area contributed by atoms with Crippen LogP contribution in [-0.2, 0) is 9.59 Å². The predicted molar refractivity (Wildman–Crippen MR) is 105 cm³/mol. The monoisotopic (exact) mass is 351 g/mol. The van der Waals surface area contributed by atoms with Crippen LogP contribution in [0.25, 0.3) is 0 Å². The van der Waals surface area contributed by atoms with Gasteiger partial charge in [-0.1, -0.05) is 63.3 Å². The smallest absolute Gasteiger partial charge is 0.331 e. The molecule has 0 saturated carbocycles. The maximum Gasteiger partial charge on any atom is 0.331 e. The fraction of sp³-hybridized carbons (Fsp3) is 0.714. The fourth-order valence-corrected chi connectivity index (χ4v) is 2.48. The van der Waals surface area contributed by atoms with Crippen molar-refractivity contribution in [3.63, 3.8) is 0 Å². The van der Waals surface area contributed by atoms with E-state index >= 15 is 0 Å². The van der Waals surface area contributed by atoms with E-state index in [2.05, 4.69) is 31.2 Å². The van der Waals surface area contributed by atoms with Crippen LogP contribution in [0.5, 0.6) is 0 Å². The molecule has 0 aliphatic rings. The van der Waals surface area contributed by atoms with E-state index in [1.807, 2.05) is 0 Å². The second-order valence-electron chi connectivity index (χ2n) is 6.91. The molecule has 4 heteroatoms. The first kappa shape index (κ1) is 23.6. The van der Waals surface area contributed by atoms with E-state index in [0.29, 0.717) is 0 Å². The van der Waals surface area contributed by atoms with Gasteiger partial charge in [0, 0.05) is 6.42 Å². The molecule has 0 aliphatic carbocycles. The Labute approximate surface area is 153 Å². The predicted octanol–water partition coefficient (Wildman–Crippen LogP) is 5.17. The van der Waals surface area contributed by atoms with Crippen LogP contribution in [0.2, 0.25) is 0 Å². The number of rotatable bonds is 16. The molecule has 0 rings (SSSR count). The van der Waals surface area contributed by atoms with Crippen molar-refractivity contribution in [2.24, 2.45) is 5.73 Å². The lowest BCUT2D eigenvalue weighted by molar-refractivity contribution is -0.147. The zero-order valence-corrected chi connectivity index (χ0v) is 16.1. The van der Waals surface area contributed by atoms with Gasteiger partial charge in [0.1, 0.15) is 0 Å². The minimum absolute atomic E-state index is 0.254. The molecule has 25 heavy (non-hydrogen) atoms. The number of Topliss-reactive ketones (excluding diaryl/α,β-unsaturated/α-hetero) is 1. The van der Waals surface area contributed by atoms with Gasteiger partial charge in [0.2, 0.25) is 0 Å². The lowest BCUT2D eigenvalue weighted by atomic mass is 9.93. The van der Waals surface area contributed by atoms with Gasteiger partial charge in [0.05, 0.1) is 0 Å². The summed E-state index contributed by atoms with van der Waals surface area (Å²) in [7, 11) is 0. The molecule has 144 valence electrons. The van der Waals surface area contributed by atoms with Crippen molar-refractivity contribution in [1.82, 2.24) is 0 Å². The highest BCUT2D eigenvalue weighted by Gasteiger charge is 2.35. The van der Waals surface area contributed by atoms with Crippen molar-refractivity contribution in [3.8, 4) is 0 Å². The first-order chi connectivity index (χ1) is 11.9. The Bertz CT molecular complexity index is 425. The van der Waals surface area contributed by atoms with Crippen molar-refractivity contribution in [2.45, 2.75) is 96.4 Å². The van der Waals surface area contributed by atoms with Crippen LogP contribution in [0.4, 0.5) is 0 Å². The maximum absolute atomic E-state index is 11.7. The second kappa shape index (κ2) is 14.9. The van der Waals surface area contributed by atoms with Gasteiger partial charge >= 0.3 is 5.97 Å². The number of carboxylic acid groups (broad SMARTS) is 1. The van der Waals surface area contributed by atoms with E-state index in [9.17, 15) is 9.59 Å². The molecular formula is C21H37NO3. The minimum Gasteiger partial charge on any atom is -0.480 e. The van der Waals surface area contributed by atoms with Crippen molar-refractivity contribution in [2.75, 3.05) is 0 Å². The van der Waals surface area contributed by atoms with Gasteiger partial charge in [-0.15, -0.1) is 0 Å². The summed E-state index contributed by atoms with van der Waals surface area (Å²) in [6.45, 7) is 3.49. The van der Waals surface area contributed by atoms with E-state index in [-0.39, 0.29) is 12.2 Å². The molecule has 4 nitrogen and oxygen atoms in total. The van der Waals surface area contributed by atoms with E-state index < -0.39 is 11.5 Å². The molecule has 0 aromatic carbocycles. The molecule has 0 saturated heterocycles. The molecule has 1 atom stereocenters. The molecular weight excluding hydrogens is 314 g/mol. The zero-order chi connectivity index (χ0) is 19.0. The van der Waals surface area contributed by atoms with Crippen LogP contribution in [-0.4, -0.2) is 22.4 Å². The topological polar surface area (TPSA) is 80.4 Å². The lowest BCUT2D eigenvalue weighted by Gasteiger charge is -2.17. The molecule has 0 spiro atoms. The molecule has 0 bridgehead atoms. The number of nitrogens with two attached hydrogens (primary N) is 1. The summed E-state index contributed by atoms with van der Waals surface area (Å²) in [5.41, 5.74) is 3.76. The van der Waals surface area contributed by atoms with E-state index in [1.165, 1.54) is 32.6 Å². The number of carbonyl (C=O) groups excluding carboxylic acids is 1. The van der Waals surface area contributed by atoms with E-state index in [0.717, 1.165) is 44.9 Å². The highest BCUT2D eigenvalue weighted by molar-refractivity contribution is 6.06. The van der Waals surface area contributed by atoms with E-state index in [1.54, 1.807) is 0 Å². The molecule has 0 aliphatic heterocycles. The summed E-state index contributed by atoms with van der Waals surface area (Å²) in [4.78, 5) is 22.6. The first-order valence-corrected chi connectivity index (χ1v) is 9.78. The summed E-state index contributed by atoms with van der Waals surface area (Å²) < 4.78 is 0. The SMILES string of the molecule is CCCCC/C=C\C/C=C\CCCCCCCC(=O)C(C)(N)C(=O)O. The highest BCUT2D eigenvalue weighted by atomic mass is 16.4.